The van der Waals surface area contributed by atoms with Crippen LogP contribution in [0.4, 0.5) is 0 Å². The minimum atomic E-state index is -0.617. The Labute approximate surface area is 135 Å². The van der Waals surface area contributed by atoms with Gasteiger partial charge in [0.2, 0.25) is 5.91 Å². The van der Waals surface area contributed by atoms with E-state index < -0.39 is 6.10 Å². The Hall–Kier alpha value is -2.17. The maximum Gasteiger partial charge on any atom is 0.234 e. The van der Waals surface area contributed by atoms with Gasteiger partial charge < -0.3 is 14.7 Å². The van der Waals surface area contributed by atoms with Gasteiger partial charge in [0.25, 0.3) is 0 Å². The van der Waals surface area contributed by atoms with E-state index in [0.717, 1.165) is 22.3 Å². The maximum absolute atomic E-state index is 13.2. The molecule has 4 rings (SSSR count). The smallest absolute Gasteiger partial charge is 0.234 e. The number of amides is 1. The predicted octanol–water partition coefficient (Wildman–Crippen LogP) is 2.02. The van der Waals surface area contributed by atoms with Crippen LogP contribution in [0.25, 0.3) is 11.1 Å². The highest BCUT2D eigenvalue weighted by Gasteiger charge is 2.36. The first kappa shape index (κ1) is 14.4. The summed E-state index contributed by atoms with van der Waals surface area (Å²) in [4.78, 5) is 14.9. The Morgan fingerprint density at radius 3 is 2.30 bits per heavy atom. The third-order valence-electron chi connectivity index (χ3n) is 4.64. The highest BCUT2D eigenvalue weighted by Crippen LogP contribution is 2.45. The topological polar surface area (TPSA) is 49.8 Å². The molecule has 1 N–H and O–H groups in total. The molecule has 23 heavy (non-hydrogen) atoms. The summed E-state index contributed by atoms with van der Waals surface area (Å²) in [5.74, 6) is -0.236. The van der Waals surface area contributed by atoms with Gasteiger partial charge in [-0.2, -0.15) is 0 Å². The average Bonchev–Trinajstić information content (AvgIpc) is 2.75. The van der Waals surface area contributed by atoms with Crippen LogP contribution in [-0.2, 0) is 9.53 Å². The van der Waals surface area contributed by atoms with Gasteiger partial charge in [0.15, 0.2) is 0 Å². The Bertz CT molecular complexity index is 697. The first-order valence-corrected chi connectivity index (χ1v) is 7.98. The number of carbonyl (C=O) groups is 1. The normalized spacial score (nSPS) is 20.7. The van der Waals surface area contributed by atoms with Gasteiger partial charge in [0, 0.05) is 13.1 Å². The van der Waals surface area contributed by atoms with E-state index in [1.54, 1.807) is 4.90 Å². The van der Waals surface area contributed by atoms with Crippen LogP contribution in [0.1, 0.15) is 17.0 Å². The lowest BCUT2D eigenvalue weighted by atomic mass is 9.95. The van der Waals surface area contributed by atoms with Crippen molar-refractivity contribution < 1.29 is 14.6 Å². The van der Waals surface area contributed by atoms with Crippen molar-refractivity contribution in [2.45, 2.75) is 12.0 Å². The van der Waals surface area contributed by atoms with Crippen molar-refractivity contribution in [2.75, 3.05) is 26.3 Å². The second-order valence-electron chi connectivity index (χ2n) is 6.12. The number of ether oxygens (including phenoxy) is 1. The van der Waals surface area contributed by atoms with Crippen molar-refractivity contribution in [3.05, 3.63) is 59.7 Å². The molecule has 0 unspecified atom stereocenters. The molecule has 1 amide bonds. The molecule has 1 aliphatic heterocycles. The van der Waals surface area contributed by atoms with Gasteiger partial charge in [0.1, 0.15) is 0 Å². The fourth-order valence-corrected chi connectivity index (χ4v) is 3.60. The lowest BCUT2D eigenvalue weighted by molar-refractivity contribution is -0.132. The van der Waals surface area contributed by atoms with Crippen molar-refractivity contribution in [1.29, 1.82) is 0 Å². The Morgan fingerprint density at radius 2 is 1.65 bits per heavy atom. The number of hydrogen-bond donors (Lipinski definition) is 1. The zero-order chi connectivity index (χ0) is 15.8. The second-order valence-corrected chi connectivity index (χ2v) is 6.12. The first-order valence-electron chi connectivity index (χ1n) is 7.98. The van der Waals surface area contributed by atoms with Gasteiger partial charge in [-0.1, -0.05) is 48.5 Å². The summed E-state index contributed by atoms with van der Waals surface area (Å²) >= 11 is 0. The molecular weight excluding hydrogens is 290 g/mol. The quantitative estimate of drug-likeness (QED) is 0.877. The molecule has 4 nitrogen and oxygen atoms in total. The van der Waals surface area contributed by atoms with Gasteiger partial charge in [-0.15, -0.1) is 0 Å². The van der Waals surface area contributed by atoms with Crippen LogP contribution in [-0.4, -0.2) is 48.3 Å². The third kappa shape index (κ3) is 2.44. The number of nitrogens with zero attached hydrogens (tertiary/aromatic N) is 1. The van der Waals surface area contributed by atoms with Crippen molar-refractivity contribution in [2.24, 2.45) is 0 Å². The second kappa shape index (κ2) is 5.80. The molecule has 2 aromatic rings. The SMILES string of the molecule is O=C(C1c2ccccc2-c2ccccc21)N1CCOC[C@@H](O)C1. The van der Waals surface area contributed by atoms with E-state index in [-0.39, 0.29) is 11.8 Å². The molecule has 4 heteroatoms. The predicted molar refractivity (Wildman–Crippen MR) is 87.1 cm³/mol. The molecule has 0 radical (unpaired) electrons. The van der Waals surface area contributed by atoms with E-state index in [1.807, 2.05) is 36.4 Å². The largest absolute Gasteiger partial charge is 0.389 e. The van der Waals surface area contributed by atoms with E-state index >= 15 is 0 Å². The number of aliphatic hydroxyl groups excluding tert-OH is 1. The van der Waals surface area contributed by atoms with Crippen LogP contribution in [0.15, 0.2) is 48.5 Å². The molecule has 1 atom stereocenters. The number of aliphatic hydroxyl groups is 1. The number of β-amino-alcohol motifs (C(OH)–C–C–N with tert-alkyl or cyclic N) is 1. The summed E-state index contributed by atoms with van der Waals surface area (Å²) < 4.78 is 5.34. The summed E-state index contributed by atoms with van der Waals surface area (Å²) in [6, 6.07) is 16.2. The molecule has 1 saturated heterocycles. The number of rotatable bonds is 1. The van der Waals surface area contributed by atoms with Gasteiger partial charge >= 0.3 is 0 Å². The van der Waals surface area contributed by atoms with Crippen LogP contribution in [0, 0.1) is 0 Å². The standard InChI is InChI=1S/C19H19NO3/c21-13-11-20(9-10-23-12-13)19(22)18-16-7-3-1-5-14(16)15-6-2-4-8-17(15)18/h1-8,13,18,21H,9-12H2/t13-/m0/s1. The van der Waals surface area contributed by atoms with Crippen molar-refractivity contribution in [3.8, 4) is 11.1 Å². The van der Waals surface area contributed by atoms with Crippen molar-refractivity contribution in [3.63, 3.8) is 0 Å². The highest BCUT2D eigenvalue weighted by atomic mass is 16.5. The minimum absolute atomic E-state index is 0.0481. The molecule has 118 valence electrons. The summed E-state index contributed by atoms with van der Waals surface area (Å²) in [5.41, 5.74) is 4.37. The monoisotopic (exact) mass is 309 g/mol. The molecular formula is C19H19NO3. The number of hydrogen-bond acceptors (Lipinski definition) is 3. The first-order chi connectivity index (χ1) is 11.3. The van der Waals surface area contributed by atoms with Crippen LogP contribution in [0.3, 0.4) is 0 Å². The van der Waals surface area contributed by atoms with E-state index in [4.69, 9.17) is 4.74 Å². The van der Waals surface area contributed by atoms with Gasteiger partial charge in [-0.25, -0.2) is 0 Å². The summed E-state index contributed by atoms with van der Waals surface area (Å²) in [6.07, 6.45) is -0.617. The Kier molecular flexibility index (Phi) is 3.63. The van der Waals surface area contributed by atoms with Gasteiger partial charge in [0.05, 0.1) is 25.2 Å². The van der Waals surface area contributed by atoms with Crippen LogP contribution in [0.2, 0.25) is 0 Å². The van der Waals surface area contributed by atoms with Crippen LogP contribution in [0.5, 0.6) is 0 Å². The molecule has 0 bridgehead atoms. The van der Waals surface area contributed by atoms with Gasteiger partial charge in [-0.05, 0) is 22.3 Å². The average molecular weight is 309 g/mol. The molecule has 1 aliphatic carbocycles. The molecule has 0 saturated carbocycles. The van der Waals surface area contributed by atoms with Crippen LogP contribution >= 0.6 is 0 Å². The van der Waals surface area contributed by atoms with E-state index in [0.29, 0.717) is 26.3 Å². The molecule has 1 fully saturated rings. The van der Waals surface area contributed by atoms with Crippen molar-refractivity contribution >= 4 is 5.91 Å². The number of carbonyl (C=O) groups excluding carboxylic acids is 1. The van der Waals surface area contributed by atoms with Crippen molar-refractivity contribution in [1.82, 2.24) is 4.90 Å². The van der Waals surface area contributed by atoms with E-state index in [1.165, 1.54) is 0 Å². The number of fused-ring (bicyclic) bond motifs is 3. The zero-order valence-electron chi connectivity index (χ0n) is 12.8. The Balaban J connectivity index is 1.74. The van der Waals surface area contributed by atoms with E-state index in [2.05, 4.69) is 12.1 Å². The maximum atomic E-state index is 13.2. The summed E-state index contributed by atoms with van der Waals surface area (Å²) in [5, 5.41) is 9.92. The van der Waals surface area contributed by atoms with E-state index in [9.17, 15) is 9.90 Å². The van der Waals surface area contributed by atoms with Gasteiger partial charge in [-0.3, -0.25) is 4.79 Å². The summed E-state index contributed by atoms with van der Waals surface area (Å²) in [7, 11) is 0. The fraction of sp³-hybridized carbons (Fsp3) is 0.316. The number of benzene rings is 2. The highest BCUT2D eigenvalue weighted by molar-refractivity contribution is 5.96. The van der Waals surface area contributed by atoms with Crippen LogP contribution < -0.4 is 0 Å². The minimum Gasteiger partial charge on any atom is -0.389 e. The fourth-order valence-electron chi connectivity index (χ4n) is 3.60. The third-order valence-corrected chi connectivity index (χ3v) is 4.64. The molecule has 0 spiro atoms. The lowest BCUT2D eigenvalue weighted by Gasteiger charge is -2.25. The lowest BCUT2D eigenvalue weighted by Crippen LogP contribution is -2.40. The summed E-state index contributed by atoms with van der Waals surface area (Å²) in [6.45, 7) is 1.62. The zero-order valence-corrected chi connectivity index (χ0v) is 12.8. The molecule has 0 aromatic heterocycles. The molecule has 1 heterocycles. The molecule has 2 aliphatic rings. The molecule has 2 aromatic carbocycles. The Morgan fingerprint density at radius 1 is 1.04 bits per heavy atom.